The van der Waals surface area contributed by atoms with Crippen molar-refractivity contribution in [1.29, 1.82) is 0 Å². The zero-order valence-corrected chi connectivity index (χ0v) is 12.6. The van der Waals surface area contributed by atoms with Crippen molar-refractivity contribution >= 4 is 27.5 Å². The van der Waals surface area contributed by atoms with E-state index in [1.165, 1.54) is 16.3 Å². The number of aromatic nitrogens is 3. The second-order valence-electron chi connectivity index (χ2n) is 5.47. The Hall–Kier alpha value is -3.01. The molecule has 0 unspecified atom stereocenters. The van der Waals surface area contributed by atoms with E-state index < -0.39 is 0 Å². The van der Waals surface area contributed by atoms with Crippen molar-refractivity contribution < 1.29 is 0 Å². The number of anilines is 1. The number of hydrogen-bond donors (Lipinski definition) is 1. The molecule has 4 heteroatoms. The summed E-state index contributed by atoms with van der Waals surface area (Å²) < 4.78 is 0. The highest BCUT2D eigenvalue weighted by atomic mass is 15.0. The van der Waals surface area contributed by atoms with Crippen LogP contribution in [0.4, 0.5) is 5.82 Å². The summed E-state index contributed by atoms with van der Waals surface area (Å²) in [6, 6.07) is 17.0. The van der Waals surface area contributed by atoms with Crippen LogP contribution in [0.3, 0.4) is 0 Å². The highest BCUT2D eigenvalue weighted by Gasteiger charge is 2.03. The standard InChI is InChI=1S/C19H16N4/c1-2-4-16-11-14(5-6-15(16)3-1)7-10-21-19-17-8-9-20-12-18(17)22-13-23-19/h1-6,8-9,11-13H,7,10H2,(H,21,22,23). The van der Waals surface area contributed by atoms with Crippen molar-refractivity contribution in [3.8, 4) is 0 Å². The van der Waals surface area contributed by atoms with E-state index in [0.29, 0.717) is 0 Å². The summed E-state index contributed by atoms with van der Waals surface area (Å²) in [5, 5.41) is 6.96. The number of nitrogens with zero attached hydrogens (tertiary/aromatic N) is 3. The fraction of sp³-hybridized carbons (Fsp3) is 0.105. The fourth-order valence-electron chi connectivity index (χ4n) is 2.77. The maximum atomic E-state index is 4.34. The molecule has 0 saturated carbocycles. The zero-order valence-electron chi connectivity index (χ0n) is 12.6. The first kappa shape index (κ1) is 13.6. The van der Waals surface area contributed by atoms with E-state index in [0.717, 1.165) is 29.7 Å². The molecule has 0 fully saturated rings. The quantitative estimate of drug-likeness (QED) is 0.622. The first-order valence-corrected chi connectivity index (χ1v) is 7.66. The molecule has 4 aromatic rings. The molecule has 2 aromatic heterocycles. The van der Waals surface area contributed by atoms with Gasteiger partial charge in [0.2, 0.25) is 0 Å². The fourth-order valence-corrected chi connectivity index (χ4v) is 2.77. The molecule has 4 nitrogen and oxygen atoms in total. The number of nitrogens with one attached hydrogen (secondary N) is 1. The third-order valence-electron chi connectivity index (χ3n) is 3.96. The minimum absolute atomic E-state index is 0.826. The van der Waals surface area contributed by atoms with Crippen LogP contribution in [0.5, 0.6) is 0 Å². The summed E-state index contributed by atoms with van der Waals surface area (Å²) in [6.45, 7) is 0.826. The number of benzene rings is 2. The van der Waals surface area contributed by atoms with Crippen LogP contribution in [-0.2, 0) is 6.42 Å². The summed E-state index contributed by atoms with van der Waals surface area (Å²) in [4.78, 5) is 12.7. The van der Waals surface area contributed by atoms with Crippen LogP contribution in [-0.4, -0.2) is 21.5 Å². The lowest BCUT2D eigenvalue weighted by Gasteiger charge is -2.08. The van der Waals surface area contributed by atoms with Gasteiger partial charge in [0.1, 0.15) is 12.1 Å². The average molecular weight is 300 g/mol. The molecular weight excluding hydrogens is 284 g/mol. The second-order valence-corrected chi connectivity index (χ2v) is 5.47. The summed E-state index contributed by atoms with van der Waals surface area (Å²) >= 11 is 0. The van der Waals surface area contributed by atoms with E-state index in [-0.39, 0.29) is 0 Å². The van der Waals surface area contributed by atoms with Crippen molar-refractivity contribution in [2.45, 2.75) is 6.42 Å². The van der Waals surface area contributed by atoms with Gasteiger partial charge in [-0.25, -0.2) is 9.97 Å². The van der Waals surface area contributed by atoms with Crippen molar-refractivity contribution in [2.24, 2.45) is 0 Å². The van der Waals surface area contributed by atoms with Gasteiger partial charge in [-0.05, 0) is 28.8 Å². The van der Waals surface area contributed by atoms with E-state index in [4.69, 9.17) is 0 Å². The molecular formula is C19H16N4. The third-order valence-corrected chi connectivity index (χ3v) is 3.96. The molecule has 1 N–H and O–H groups in total. The Labute approximate surface area is 134 Å². The Bertz CT molecular complexity index is 960. The summed E-state index contributed by atoms with van der Waals surface area (Å²) in [5.41, 5.74) is 2.17. The minimum Gasteiger partial charge on any atom is -0.369 e. The SMILES string of the molecule is c1ccc2cc(CCNc3ncnc4cnccc34)ccc2c1. The Morgan fingerprint density at radius 1 is 0.913 bits per heavy atom. The number of fused-ring (bicyclic) bond motifs is 2. The smallest absolute Gasteiger partial charge is 0.137 e. The summed E-state index contributed by atoms with van der Waals surface area (Å²) in [5.74, 6) is 0.859. The van der Waals surface area contributed by atoms with E-state index >= 15 is 0 Å². The van der Waals surface area contributed by atoms with E-state index in [9.17, 15) is 0 Å². The molecule has 0 spiro atoms. The Balaban J connectivity index is 1.50. The van der Waals surface area contributed by atoms with Gasteiger partial charge in [-0.1, -0.05) is 42.5 Å². The predicted molar refractivity (Wildman–Crippen MR) is 93.5 cm³/mol. The average Bonchev–Trinajstić information content (AvgIpc) is 2.62. The summed E-state index contributed by atoms with van der Waals surface area (Å²) in [6.07, 6.45) is 6.04. The first-order chi connectivity index (χ1) is 11.4. The lowest BCUT2D eigenvalue weighted by atomic mass is 10.1. The maximum absolute atomic E-state index is 4.34. The van der Waals surface area contributed by atoms with Crippen molar-refractivity contribution in [2.75, 3.05) is 11.9 Å². The molecule has 0 atom stereocenters. The van der Waals surface area contributed by atoms with Crippen LogP contribution in [0.1, 0.15) is 5.56 Å². The van der Waals surface area contributed by atoms with Crippen molar-refractivity contribution in [1.82, 2.24) is 15.0 Å². The number of rotatable bonds is 4. The molecule has 23 heavy (non-hydrogen) atoms. The maximum Gasteiger partial charge on any atom is 0.137 e. The number of pyridine rings is 1. The van der Waals surface area contributed by atoms with E-state index in [2.05, 4.69) is 62.7 Å². The zero-order chi connectivity index (χ0) is 15.5. The minimum atomic E-state index is 0.826. The highest BCUT2D eigenvalue weighted by molar-refractivity contribution is 5.88. The summed E-state index contributed by atoms with van der Waals surface area (Å²) in [7, 11) is 0. The monoisotopic (exact) mass is 300 g/mol. The van der Waals surface area contributed by atoms with Gasteiger partial charge in [-0.3, -0.25) is 4.98 Å². The van der Waals surface area contributed by atoms with Crippen LogP contribution >= 0.6 is 0 Å². The van der Waals surface area contributed by atoms with Crippen LogP contribution in [0.25, 0.3) is 21.7 Å². The Morgan fingerprint density at radius 2 is 1.83 bits per heavy atom. The normalized spacial score (nSPS) is 11.0. The molecule has 4 rings (SSSR count). The van der Waals surface area contributed by atoms with Gasteiger partial charge < -0.3 is 5.32 Å². The Kier molecular flexibility index (Phi) is 3.56. The molecule has 0 aliphatic rings. The molecule has 112 valence electrons. The third kappa shape index (κ3) is 2.83. The van der Waals surface area contributed by atoms with Gasteiger partial charge in [-0.2, -0.15) is 0 Å². The lowest BCUT2D eigenvalue weighted by molar-refractivity contribution is 1.01. The molecule has 0 aliphatic heterocycles. The van der Waals surface area contributed by atoms with Crippen LogP contribution in [0.2, 0.25) is 0 Å². The van der Waals surface area contributed by atoms with Gasteiger partial charge in [0.25, 0.3) is 0 Å². The van der Waals surface area contributed by atoms with E-state index in [1.54, 1.807) is 18.7 Å². The number of hydrogen-bond acceptors (Lipinski definition) is 4. The van der Waals surface area contributed by atoms with Crippen LogP contribution in [0, 0.1) is 0 Å². The topological polar surface area (TPSA) is 50.7 Å². The largest absolute Gasteiger partial charge is 0.369 e. The second kappa shape index (κ2) is 6.01. The molecule has 0 saturated heterocycles. The van der Waals surface area contributed by atoms with Crippen LogP contribution in [0.15, 0.2) is 67.3 Å². The van der Waals surface area contributed by atoms with E-state index in [1.807, 2.05) is 6.07 Å². The lowest BCUT2D eigenvalue weighted by Crippen LogP contribution is -2.07. The molecule has 0 amide bonds. The van der Waals surface area contributed by atoms with Gasteiger partial charge in [0.15, 0.2) is 0 Å². The molecule has 2 aromatic carbocycles. The van der Waals surface area contributed by atoms with Gasteiger partial charge in [-0.15, -0.1) is 0 Å². The molecule has 0 bridgehead atoms. The first-order valence-electron chi connectivity index (χ1n) is 7.66. The predicted octanol–water partition coefficient (Wildman–Crippen LogP) is 3.83. The molecule has 0 radical (unpaired) electrons. The Morgan fingerprint density at radius 3 is 2.78 bits per heavy atom. The van der Waals surface area contributed by atoms with Gasteiger partial charge in [0.05, 0.1) is 11.7 Å². The van der Waals surface area contributed by atoms with Gasteiger partial charge >= 0.3 is 0 Å². The van der Waals surface area contributed by atoms with Gasteiger partial charge in [0, 0.05) is 18.1 Å². The van der Waals surface area contributed by atoms with Crippen molar-refractivity contribution in [3.05, 3.63) is 72.8 Å². The highest BCUT2D eigenvalue weighted by Crippen LogP contribution is 2.18. The van der Waals surface area contributed by atoms with Crippen LogP contribution < -0.4 is 5.32 Å². The molecule has 0 aliphatic carbocycles. The molecule has 2 heterocycles. The van der Waals surface area contributed by atoms with Crippen molar-refractivity contribution in [3.63, 3.8) is 0 Å².